The first-order valence-electron chi connectivity index (χ1n) is 7.78. The van der Waals surface area contributed by atoms with Crippen LogP contribution in [-0.2, 0) is 25.4 Å². The molecular weight excluding hydrogens is 301 g/mol. The van der Waals surface area contributed by atoms with E-state index in [4.69, 9.17) is 14.2 Å². The number of halogens is 1. The van der Waals surface area contributed by atoms with Gasteiger partial charge in [0, 0.05) is 33.1 Å². The summed E-state index contributed by atoms with van der Waals surface area (Å²) in [6.07, 6.45) is 0.743. The number of nitrogens with one attached hydrogen (secondary N) is 1. The Bertz CT molecular complexity index is 494. The minimum Gasteiger partial charge on any atom is -0.378 e. The van der Waals surface area contributed by atoms with Crippen molar-refractivity contribution < 1.29 is 23.4 Å². The van der Waals surface area contributed by atoms with Crippen LogP contribution in [0, 0.1) is 11.7 Å². The SMILES string of the molecule is CO[C@H]1[C@H](CNC(=O)CCc2ccc(F)cc2)COC[C@H]1OC. The molecule has 1 N–H and O–H groups in total. The second-order valence-corrected chi connectivity index (χ2v) is 5.70. The highest BCUT2D eigenvalue weighted by Gasteiger charge is 2.34. The molecule has 1 saturated heterocycles. The maximum atomic E-state index is 12.8. The fraction of sp³-hybridized carbons (Fsp3) is 0.588. The summed E-state index contributed by atoms with van der Waals surface area (Å²) in [6, 6.07) is 6.20. The van der Waals surface area contributed by atoms with Crippen LogP contribution in [0.3, 0.4) is 0 Å². The Morgan fingerprint density at radius 3 is 2.65 bits per heavy atom. The second-order valence-electron chi connectivity index (χ2n) is 5.70. The molecule has 1 fully saturated rings. The Labute approximate surface area is 136 Å². The number of methoxy groups -OCH3 is 2. The molecular formula is C17H24FNO4. The third-order valence-electron chi connectivity index (χ3n) is 4.14. The Morgan fingerprint density at radius 1 is 1.26 bits per heavy atom. The van der Waals surface area contributed by atoms with Crippen molar-refractivity contribution in [3.8, 4) is 0 Å². The van der Waals surface area contributed by atoms with Crippen molar-refractivity contribution >= 4 is 5.91 Å². The summed E-state index contributed by atoms with van der Waals surface area (Å²) in [5.41, 5.74) is 0.941. The van der Waals surface area contributed by atoms with Crippen molar-refractivity contribution in [2.75, 3.05) is 34.0 Å². The summed E-state index contributed by atoms with van der Waals surface area (Å²) < 4.78 is 29.2. The maximum absolute atomic E-state index is 12.8. The molecule has 6 heteroatoms. The summed E-state index contributed by atoms with van der Waals surface area (Å²) in [5.74, 6) is -0.244. The van der Waals surface area contributed by atoms with Crippen molar-refractivity contribution in [3.05, 3.63) is 35.6 Å². The highest BCUT2D eigenvalue weighted by molar-refractivity contribution is 5.76. The second kappa shape index (κ2) is 8.96. The predicted octanol–water partition coefficient (Wildman–Crippen LogP) is 1.55. The molecule has 0 bridgehead atoms. The number of benzene rings is 1. The van der Waals surface area contributed by atoms with Gasteiger partial charge in [0.15, 0.2) is 0 Å². The summed E-state index contributed by atoms with van der Waals surface area (Å²) in [7, 11) is 3.27. The fourth-order valence-electron chi connectivity index (χ4n) is 2.79. The molecule has 23 heavy (non-hydrogen) atoms. The topological polar surface area (TPSA) is 56.8 Å². The lowest BCUT2D eigenvalue weighted by molar-refractivity contribution is -0.147. The lowest BCUT2D eigenvalue weighted by atomic mass is 9.96. The first-order chi connectivity index (χ1) is 11.1. The van der Waals surface area contributed by atoms with E-state index in [0.717, 1.165) is 5.56 Å². The van der Waals surface area contributed by atoms with Gasteiger partial charge in [-0.15, -0.1) is 0 Å². The van der Waals surface area contributed by atoms with Crippen LogP contribution < -0.4 is 5.32 Å². The van der Waals surface area contributed by atoms with Crippen molar-refractivity contribution in [1.82, 2.24) is 5.32 Å². The third-order valence-corrected chi connectivity index (χ3v) is 4.14. The molecule has 1 aliphatic rings. The average Bonchev–Trinajstić information content (AvgIpc) is 2.58. The van der Waals surface area contributed by atoms with E-state index in [0.29, 0.717) is 32.6 Å². The van der Waals surface area contributed by atoms with E-state index in [1.807, 2.05) is 0 Å². The first-order valence-corrected chi connectivity index (χ1v) is 7.78. The van der Waals surface area contributed by atoms with Crippen LogP contribution >= 0.6 is 0 Å². The molecule has 1 heterocycles. The zero-order valence-electron chi connectivity index (χ0n) is 13.6. The number of ether oxygens (including phenoxy) is 3. The first kappa shape index (κ1) is 17.8. The van der Waals surface area contributed by atoms with Crippen molar-refractivity contribution in [1.29, 1.82) is 0 Å². The predicted molar refractivity (Wildman–Crippen MR) is 83.6 cm³/mol. The van der Waals surface area contributed by atoms with Gasteiger partial charge >= 0.3 is 0 Å². The van der Waals surface area contributed by atoms with Crippen molar-refractivity contribution in [2.45, 2.75) is 25.0 Å². The number of hydrogen-bond donors (Lipinski definition) is 1. The van der Waals surface area contributed by atoms with Crippen molar-refractivity contribution in [2.24, 2.45) is 5.92 Å². The molecule has 1 aliphatic heterocycles. The molecule has 0 aliphatic carbocycles. The highest BCUT2D eigenvalue weighted by Crippen LogP contribution is 2.19. The number of amides is 1. The van der Waals surface area contributed by atoms with Gasteiger partial charge in [0.1, 0.15) is 11.9 Å². The summed E-state index contributed by atoms with van der Waals surface area (Å²) in [4.78, 5) is 12.0. The molecule has 0 unspecified atom stereocenters. The third kappa shape index (κ3) is 5.27. The van der Waals surface area contributed by atoms with Gasteiger partial charge in [-0.2, -0.15) is 0 Å². The lowest BCUT2D eigenvalue weighted by Gasteiger charge is -2.36. The van der Waals surface area contributed by atoms with Gasteiger partial charge in [0.25, 0.3) is 0 Å². The molecule has 2 rings (SSSR count). The Balaban J connectivity index is 1.75. The van der Waals surface area contributed by atoms with Gasteiger partial charge in [-0.25, -0.2) is 4.39 Å². The number of hydrogen-bond acceptors (Lipinski definition) is 4. The monoisotopic (exact) mass is 325 g/mol. The van der Waals surface area contributed by atoms with E-state index in [1.54, 1.807) is 26.4 Å². The minimum atomic E-state index is -0.270. The fourth-order valence-corrected chi connectivity index (χ4v) is 2.79. The van der Waals surface area contributed by atoms with Crippen LogP contribution in [0.1, 0.15) is 12.0 Å². The summed E-state index contributed by atoms with van der Waals surface area (Å²) in [6.45, 7) is 1.53. The van der Waals surface area contributed by atoms with Crippen LogP contribution in [0.4, 0.5) is 4.39 Å². The Hall–Kier alpha value is -1.50. The molecule has 0 radical (unpaired) electrons. The van der Waals surface area contributed by atoms with Gasteiger partial charge < -0.3 is 19.5 Å². The largest absolute Gasteiger partial charge is 0.378 e. The molecule has 1 aromatic carbocycles. The van der Waals surface area contributed by atoms with E-state index >= 15 is 0 Å². The molecule has 1 amide bonds. The van der Waals surface area contributed by atoms with Gasteiger partial charge in [-0.1, -0.05) is 12.1 Å². The van der Waals surface area contributed by atoms with Crippen LogP contribution in [0.5, 0.6) is 0 Å². The molecule has 3 atom stereocenters. The normalized spacial score (nSPS) is 24.4. The maximum Gasteiger partial charge on any atom is 0.220 e. The lowest BCUT2D eigenvalue weighted by Crippen LogP contribution is -2.50. The van der Waals surface area contributed by atoms with Crippen LogP contribution in [0.15, 0.2) is 24.3 Å². The molecule has 5 nitrogen and oxygen atoms in total. The Kier molecular flexibility index (Phi) is 6.95. The standard InChI is InChI=1S/C17H24FNO4/c1-21-15-11-23-10-13(17(15)22-2)9-19-16(20)8-5-12-3-6-14(18)7-4-12/h3-4,6-7,13,15,17H,5,8-11H2,1-2H3,(H,19,20)/t13-,15-,17+/m1/s1. The van der Waals surface area contributed by atoms with Crippen LogP contribution in [-0.4, -0.2) is 52.1 Å². The van der Waals surface area contributed by atoms with E-state index in [9.17, 15) is 9.18 Å². The van der Waals surface area contributed by atoms with Gasteiger partial charge in [-0.3, -0.25) is 4.79 Å². The minimum absolute atomic E-state index is 0.0382. The summed E-state index contributed by atoms with van der Waals surface area (Å²) >= 11 is 0. The van der Waals surface area contributed by atoms with Gasteiger partial charge in [0.2, 0.25) is 5.91 Å². The van der Waals surface area contributed by atoms with Gasteiger partial charge in [-0.05, 0) is 24.1 Å². The number of carbonyl (C=O) groups excluding carboxylic acids is 1. The molecule has 1 aromatic rings. The molecule has 0 saturated carbocycles. The quantitative estimate of drug-likeness (QED) is 0.826. The number of aryl methyl sites for hydroxylation is 1. The zero-order chi connectivity index (χ0) is 16.7. The number of carbonyl (C=O) groups is 1. The smallest absolute Gasteiger partial charge is 0.220 e. The molecule has 128 valence electrons. The van der Waals surface area contributed by atoms with E-state index in [-0.39, 0.29) is 29.9 Å². The van der Waals surface area contributed by atoms with E-state index < -0.39 is 0 Å². The number of rotatable bonds is 7. The zero-order valence-corrected chi connectivity index (χ0v) is 13.6. The summed E-state index contributed by atoms with van der Waals surface area (Å²) in [5, 5.41) is 2.91. The molecule has 0 spiro atoms. The van der Waals surface area contributed by atoms with Crippen LogP contribution in [0.2, 0.25) is 0 Å². The van der Waals surface area contributed by atoms with Crippen molar-refractivity contribution in [3.63, 3.8) is 0 Å². The van der Waals surface area contributed by atoms with E-state index in [1.165, 1.54) is 12.1 Å². The highest BCUT2D eigenvalue weighted by atomic mass is 19.1. The van der Waals surface area contributed by atoms with E-state index in [2.05, 4.69) is 5.32 Å². The molecule has 0 aromatic heterocycles. The average molecular weight is 325 g/mol. The van der Waals surface area contributed by atoms with Crippen LogP contribution in [0.25, 0.3) is 0 Å². The Morgan fingerprint density at radius 2 is 2.00 bits per heavy atom. The van der Waals surface area contributed by atoms with Gasteiger partial charge in [0.05, 0.1) is 19.3 Å².